The Kier molecular flexibility index (Phi) is 7.87. The summed E-state index contributed by atoms with van der Waals surface area (Å²) < 4.78 is 0. The maximum atomic E-state index is 3.75. The number of hydrogen-bond acceptors (Lipinski definition) is 2. The van der Waals surface area contributed by atoms with Crippen molar-refractivity contribution in [1.82, 2.24) is 10.2 Å². The SMILES string of the molecule is CCCCCN(C)CCNC1CCCCC1C. The van der Waals surface area contributed by atoms with Crippen LogP contribution in [0, 0.1) is 5.92 Å². The fraction of sp³-hybridized carbons (Fsp3) is 1.00. The molecule has 1 fully saturated rings. The summed E-state index contributed by atoms with van der Waals surface area (Å²) in [6, 6.07) is 0.785. The van der Waals surface area contributed by atoms with Crippen molar-refractivity contribution in [1.29, 1.82) is 0 Å². The van der Waals surface area contributed by atoms with Gasteiger partial charge in [0.1, 0.15) is 0 Å². The van der Waals surface area contributed by atoms with Crippen LogP contribution in [0.4, 0.5) is 0 Å². The zero-order valence-corrected chi connectivity index (χ0v) is 12.2. The Morgan fingerprint density at radius 3 is 2.59 bits per heavy atom. The van der Waals surface area contributed by atoms with Crippen LogP contribution in [0.5, 0.6) is 0 Å². The number of rotatable bonds is 8. The summed E-state index contributed by atoms with van der Waals surface area (Å²) in [6.45, 7) is 8.30. The van der Waals surface area contributed by atoms with Crippen molar-refractivity contribution >= 4 is 0 Å². The lowest BCUT2D eigenvalue weighted by atomic mass is 9.86. The fourth-order valence-corrected chi connectivity index (χ4v) is 2.80. The average molecular weight is 240 g/mol. The van der Waals surface area contributed by atoms with Crippen LogP contribution in [0.1, 0.15) is 58.8 Å². The molecule has 1 aliphatic carbocycles. The second kappa shape index (κ2) is 8.93. The van der Waals surface area contributed by atoms with Gasteiger partial charge in [-0.2, -0.15) is 0 Å². The van der Waals surface area contributed by atoms with Crippen LogP contribution in [0.15, 0.2) is 0 Å². The van der Waals surface area contributed by atoms with Crippen molar-refractivity contribution in [2.75, 3.05) is 26.7 Å². The van der Waals surface area contributed by atoms with Gasteiger partial charge < -0.3 is 10.2 Å². The minimum atomic E-state index is 0.785. The first-order valence-corrected chi connectivity index (χ1v) is 7.66. The minimum absolute atomic E-state index is 0.785. The fourth-order valence-electron chi connectivity index (χ4n) is 2.80. The second-order valence-electron chi connectivity index (χ2n) is 5.83. The molecule has 17 heavy (non-hydrogen) atoms. The van der Waals surface area contributed by atoms with Crippen LogP contribution in [-0.4, -0.2) is 37.6 Å². The van der Waals surface area contributed by atoms with Gasteiger partial charge in [0.05, 0.1) is 0 Å². The van der Waals surface area contributed by atoms with Crippen molar-refractivity contribution in [2.45, 2.75) is 64.8 Å². The van der Waals surface area contributed by atoms with Crippen LogP contribution < -0.4 is 5.32 Å². The third kappa shape index (κ3) is 6.42. The van der Waals surface area contributed by atoms with Crippen molar-refractivity contribution in [3.05, 3.63) is 0 Å². The molecule has 0 amide bonds. The zero-order valence-electron chi connectivity index (χ0n) is 12.2. The Morgan fingerprint density at radius 2 is 1.88 bits per heavy atom. The standard InChI is InChI=1S/C15H32N2/c1-4-5-8-12-17(3)13-11-16-15-10-7-6-9-14(15)2/h14-16H,4-13H2,1-3H3. The van der Waals surface area contributed by atoms with Crippen molar-refractivity contribution in [3.8, 4) is 0 Å². The third-order valence-corrected chi connectivity index (χ3v) is 4.15. The highest BCUT2D eigenvalue weighted by Gasteiger charge is 2.20. The first kappa shape index (κ1) is 15.0. The van der Waals surface area contributed by atoms with Crippen LogP contribution in [0.2, 0.25) is 0 Å². The first-order chi connectivity index (χ1) is 8.24. The van der Waals surface area contributed by atoms with Crippen molar-refractivity contribution < 1.29 is 0 Å². The van der Waals surface area contributed by atoms with E-state index in [-0.39, 0.29) is 0 Å². The van der Waals surface area contributed by atoms with Gasteiger partial charge in [0.2, 0.25) is 0 Å². The molecule has 0 heterocycles. The molecule has 1 aliphatic rings. The highest BCUT2D eigenvalue weighted by atomic mass is 15.1. The highest BCUT2D eigenvalue weighted by Crippen LogP contribution is 2.23. The monoisotopic (exact) mass is 240 g/mol. The summed E-state index contributed by atoms with van der Waals surface area (Å²) in [5.41, 5.74) is 0. The Balaban J connectivity index is 2.01. The molecule has 0 radical (unpaired) electrons. The summed E-state index contributed by atoms with van der Waals surface area (Å²) in [7, 11) is 2.25. The Morgan fingerprint density at radius 1 is 1.12 bits per heavy atom. The van der Waals surface area contributed by atoms with E-state index in [1.807, 2.05) is 0 Å². The van der Waals surface area contributed by atoms with E-state index in [1.165, 1.54) is 58.0 Å². The molecule has 102 valence electrons. The lowest BCUT2D eigenvalue weighted by molar-refractivity contribution is 0.259. The number of unbranched alkanes of at least 4 members (excludes halogenated alkanes) is 2. The molecule has 0 aromatic heterocycles. The van der Waals surface area contributed by atoms with Gasteiger partial charge in [-0.3, -0.25) is 0 Å². The molecule has 1 saturated carbocycles. The predicted octanol–water partition coefficient (Wildman–Crippen LogP) is 3.28. The molecule has 2 atom stereocenters. The Hall–Kier alpha value is -0.0800. The molecule has 1 rings (SSSR count). The molecular formula is C15H32N2. The maximum Gasteiger partial charge on any atom is 0.0104 e. The summed E-state index contributed by atoms with van der Waals surface area (Å²) in [6.07, 6.45) is 9.73. The topological polar surface area (TPSA) is 15.3 Å². The van der Waals surface area contributed by atoms with Gasteiger partial charge in [-0.1, -0.05) is 39.5 Å². The summed E-state index contributed by atoms with van der Waals surface area (Å²) in [5.74, 6) is 0.883. The molecule has 0 aromatic rings. The maximum absolute atomic E-state index is 3.75. The lowest BCUT2D eigenvalue weighted by Gasteiger charge is -2.30. The zero-order chi connectivity index (χ0) is 12.5. The van der Waals surface area contributed by atoms with Crippen molar-refractivity contribution in [3.63, 3.8) is 0 Å². The van der Waals surface area contributed by atoms with Gasteiger partial charge in [-0.05, 0) is 38.8 Å². The van der Waals surface area contributed by atoms with E-state index in [0.29, 0.717) is 0 Å². The van der Waals surface area contributed by atoms with E-state index in [2.05, 4.69) is 31.1 Å². The first-order valence-electron chi connectivity index (χ1n) is 7.66. The predicted molar refractivity (Wildman–Crippen MR) is 76.4 cm³/mol. The smallest absolute Gasteiger partial charge is 0.0104 e. The van der Waals surface area contributed by atoms with Gasteiger partial charge >= 0.3 is 0 Å². The average Bonchev–Trinajstić information content (AvgIpc) is 2.32. The number of nitrogens with zero attached hydrogens (tertiary/aromatic N) is 1. The highest BCUT2D eigenvalue weighted by molar-refractivity contribution is 4.78. The second-order valence-corrected chi connectivity index (χ2v) is 5.83. The van der Waals surface area contributed by atoms with Gasteiger partial charge in [0.15, 0.2) is 0 Å². The van der Waals surface area contributed by atoms with E-state index in [1.54, 1.807) is 0 Å². The minimum Gasteiger partial charge on any atom is -0.312 e. The number of hydrogen-bond donors (Lipinski definition) is 1. The largest absolute Gasteiger partial charge is 0.312 e. The van der Waals surface area contributed by atoms with E-state index in [0.717, 1.165) is 18.5 Å². The molecule has 0 spiro atoms. The van der Waals surface area contributed by atoms with Crippen molar-refractivity contribution in [2.24, 2.45) is 5.92 Å². The molecule has 0 aromatic carbocycles. The Labute approximate surface area is 108 Å². The number of likely N-dealkylation sites (N-methyl/N-ethyl adjacent to an activating group) is 1. The molecule has 2 unspecified atom stereocenters. The quantitative estimate of drug-likeness (QED) is 0.655. The van der Waals surface area contributed by atoms with Crippen LogP contribution in [-0.2, 0) is 0 Å². The normalized spacial score (nSPS) is 25.4. The van der Waals surface area contributed by atoms with E-state index in [4.69, 9.17) is 0 Å². The van der Waals surface area contributed by atoms with Crippen LogP contribution in [0.3, 0.4) is 0 Å². The Bertz CT molecular complexity index is 182. The summed E-state index contributed by atoms with van der Waals surface area (Å²) >= 11 is 0. The van der Waals surface area contributed by atoms with E-state index < -0.39 is 0 Å². The van der Waals surface area contributed by atoms with Crippen LogP contribution >= 0.6 is 0 Å². The van der Waals surface area contributed by atoms with Crippen LogP contribution in [0.25, 0.3) is 0 Å². The van der Waals surface area contributed by atoms with Gasteiger partial charge in [-0.15, -0.1) is 0 Å². The van der Waals surface area contributed by atoms with Gasteiger partial charge in [0, 0.05) is 19.1 Å². The third-order valence-electron chi connectivity index (χ3n) is 4.15. The number of nitrogens with one attached hydrogen (secondary N) is 1. The van der Waals surface area contributed by atoms with E-state index >= 15 is 0 Å². The molecular weight excluding hydrogens is 208 g/mol. The molecule has 0 aliphatic heterocycles. The lowest BCUT2D eigenvalue weighted by Crippen LogP contribution is -2.41. The van der Waals surface area contributed by atoms with Gasteiger partial charge in [0.25, 0.3) is 0 Å². The molecule has 1 N–H and O–H groups in total. The molecule has 0 bridgehead atoms. The van der Waals surface area contributed by atoms with Gasteiger partial charge in [-0.25, -0.2) is 0 Å². The molecule has 2 heteroatoms. The molecule has 2 nitrogen and oxygen atoms in total. The summed E-state index contributed by atoms with van der Waals surface area (Å²) in [4.78, 5) is 2.47. The molecule has 0 saturated heterocycles. The summed E-state index contributed by atoms with van der Waals surface area (Å²) in [5, 5.41) is 3.75. The van der Waals surface area contributed by atoms with E-state index in [9.17, 15) is 0 Å².